The third-order valence-electron chi connectivity index (χ3n) is 4.03. The molecule has 1 heterocycles. The molecule has 0 N–H and O–H groups in total. The Balaban J connectivity index is 3.05. The second-order valence-electron chi connectivity index (χ2n) is 6.41. The summed E-state index contributed by atoms with van der Waals surface area (Å²) >= 11 is 0. The Kier molecular flexibility index (Phi) is 8.07. The van der Waals surface area contributed by atoms with Gasteiger partial charge in [-0.15, -0.1) is 0 Å². The van der Waals surface area contributed by atoms with E-state index < -0.39 is 0 Å². The Hall–Kier alpha value is -1.58. The van der Waals surface area contributed by atoms with Crippen LogP contribution in [0.4, 0.5) is 4.39 Å². The Bertz CT molecular complexity index is 548. The van der Waals surface area contributed by atoms with E-state index in [1.165, 1.54) is 6.20 Å². The van der Waals surface area contributed by atoms with Crippen molar-refractivity contribution in [3.05, 3.63) is 35.2 Å². The first-order valence-corrected chi connectivity index (χ1v) is 8.64. The number of ketones is 1. The molecule has 0 saturated heterocycles. The minimum absolute atomic E-state index is 0.153. The molecule has 1 aromatic heterocycles. The molecule has 0 aliphatic carbocycles. The highest BCUT2D eigenvalue weighted by atomic mass is 19.1. The van der Waals surface area contributed by atoms with Crippen molar-refractivity contribution in [3.63, 3.8) is 0 Å². The van der Waals surface area contributed by atoms with E-state index in [9.17, 15) is 9.18 Å². The maximum atomic E-state index is 13.6. The van der Waals surface area contributed by atoms with E-state index in [-0.39, 0.29) is 11.6 Å². The Labute approximate surface area is 139 Å². The van der Waals surface area contributed by atoms with Crippen molar-refractivity contribution in [1.29, 1.82) is 0 Å². The van der Waals surface area contributed by atoms with Gasteiger partial charge in [-0.3, -0.25) is 4.79 Å². The molecule has 0 atom stereocenters. The maximum absolute atomic E-state index is 13.6. The number of halogens is 1. The molecule has 0 fully saturated rings. The van der Waals surface area contributed by atoms with Gasteiger partial charge in [0.1, 0.15) is 5.82 Å². The Morgan fingerprint density at radius 1 is 1.26 bits per heavy atom. The largest absolute Gasteiger partial charge is 0.295 e. The molecule has 0 amide bonds. The van der Waals surface area contributed by atoms with E-state index in [1.54, 1.807) is 6.08 Å². The van der Waals surface area contributed by atoms with Crippen LogP contribution in [0.5, 0.6) is 0 Å². The zero-order valence-electron chi connectivity index (χ0n) is 15.0. The fraction of sp³-hybridized carbons (Fsp3) is 0.632. The van der Waals surface area contributed by atoms with Gasteiger partial charge in [0.15, 0.2) is 11.6 Å². The zero-order chi connectivity index (χ0) is 17.4. The molecule has 3 nitrogen and oxygen atoms in total. The number of rotatable bonds is 9. The average molecular weight is 320 g/mol. The zero-order valence-corrected chi connectivity index (χ0v) is 15.0. The van der Waals surface area contributed by atoms with Crippen LogP contribution in [0.1, 0.15) is 65.4 Å². The van der Waals surface area contributed by atoms with Crippen LogP contribution in [0.3, 0.4) is 0 Å². The highest BCUT2D eigenvalue weighted by Gasteiger charge is 2.16. The third-order valence-corrected chi connectivity index (χ3v) is 4.03. The summed E-state index contributed by atoms with van der Waals surface area (Å²) in [6.07, 6.45) is 6.56. The number of aryl methyl sites for hydroxylation is 1. The quantitative estimate of drug-likeness (QED) is 0.619. The lowest BCUT2D eigenvalue weighted by molar-refractivity contribution is -0.115. The van der Waals surface area contributed by atoms with E-state index >= 15 is 0 Å². The van der Waals surface area contributed by atoms with Gasteiger partial charge in [-0.05, 0) is 37.2 Å². The molecule has 0 aliphatic heterocycles. The van der Waals surface area contributed by atoms with Crippen LogP contribution in [0.15, 0.2) is 17.8 Å². The number of carbonyl (C=O) groups is 1. The Morgan fingerprint density at radius 3 is 2.43 bits per heavy atom. The number of nitrogens with zero attached hydrogens (tertiary/aromatic N) is 2. The lowest BCUT2D eigenvalue weighted by atomic mass is 9.89. The first-order chi connectivity index (χ1) is 10.9. The van der Waals surface area contributed by atoms with Gasteiger partial charge >= 0.3 is 0 Å². The number of carbonyl (C=O) groups excluding carboxylic acids is 1. The molecule has 0 saturated carbocycles. The van der Waals surface area contributed by atoms with Crippen molar-refractivity contribution in [1.82, 2.24) is 9.97 Å². The molecule has 0 spiro atoms. The van der Waals surface area contributed by atoms with Crippen LogP contribution in [0.25, 0.3) is 0 Å². The van der Waals surface area contributed by atoms with Crippen LogP contribution >= 0.6 is 0 Å². The highest BCUT2D eigenvalue weighted by Crippen LogP contribution is 2.23. The van der Waals surface area contributed by atoms with Crippen LogP contribution in [0.2, 0.25) is 0 Å². The molecule has 0 radical (unpaired) electrons. The summed E-state index contributed by atoms with van der Waals surface area (Å²) in [4.78, 5) is 20.6. The van der Waals surface area contributed by atoms with Crippen LogP contribution in [-0.4, -0.2) is 15.8 Å². The fourth-order valence-electron chi connectivity index (χ4n) is 2.75. The van der Waals surface area contributed by atoms with Gasteiger partial charge in [0.25, 0.3) is 0 Å². The number of allylic oxidation sites excluding steroid dienone is 2. The average Bonchev–Trinajstić information content (AvgIpc) is 2.49. The van der Waals surface area contributed by atoms with Crippen molar-refractivity contribution in [2.75, 3.05) is 0 Å². The molecule has 0 unspecified atom stereocenters. The predicted molar refractivity (Wildman–Crippen MR) is 91.7 cm³/mol. The molecule has 0 aliphatic rings. The number of hydrogen-bond donors (Lipinski definition) is 0. The fourth-order valence-corrected chi connectivity index (χ4v) is 2.75. The monoisotopic (exact) mass is 320 g/mol. The normalized spacial score (nSPS) is 12.3. The molecular weight excluding hydrogens is 291 g/mol. The lowest BCUT2D eigenvalue weighted by Crippen LogP contribution is -2.11. The van der Waals surface area contributed by atoms with Gasteiger partial charge in [0, 0.05) is 12.8 Å². The van der Waals surface area contributed by atoms with E-state index in [0.717, 1.165) is 18.4 Å². The second-order valence-corrected chi connectivity index (χ2v) is 6.41. The van der Waals surface area contributed by atoms with Crippen molar-refractivity contribution in [2.45, 2.75) is 66.7 Å². The van der Waals surface area contributed by atoms with Gasteiger partial charge in [-0.2, -0.15) is 0 Å². The first kappa shape index (κ1) is 19.5. The number of hydrogen-bond acceptors (Lipinski definition) is 3. The SMILES string of the molecule is CCc1nc(C/C(=C/C(=O)CC(C)C)C(CC)CC)ncc1F. The maximum Gasteiger partial charge on any atom is 0.162 e. The van der Waals surface area contributed by atoms with Crippen LogP contribution in [0, 0.1) is 17.7 Å². The third kappa shape index (κ3) is 6.20. The smallest absolute Gasteiger partial charge is 0.162 e. The van der Waals surface area contributed by atoms with Crippen molar-refractivity contribution in [3.8, 4) is 0 Å². The summed E-state index contributed by atoms with van der Waals surface area (Å²) in [6.45, 7) is 10.2. The standard InChI is InChI=1S/C19H29FN2O/c1-6-14(7-2)15(10-16(23)9-13(4)5)11-19-21-12-17(20)18(8-3)22-19/h10,12-14H,6-9,11H2,1-5H3/b15-10-. The van der Waals surface area contributed by atoms with E-state index in [2.05, 4.69) is 23.8 Å². The molecule has 128 valence electrons. The van der Waals surface area contributed by atoms with Crippen molar-refractivity contribution in [2.24, 2.45) is 11.8 Å². The van der Waals surface area contributed by atoms with Crippen LogP contribution < -0.4 is 0 Å². The highest BCUT2D eigenvalue weighted by molar-refractivity contribution is 5.90. The summed E-state index contributed by atoms with van der Waals surface area (Å²) in [6, 6.07) is 0. The Morgan fingerprint density at radius 2 is 1.91 bits per heavy atom. The van der Waals surface area contributed by atoms with Gasteiger partial charge < -0.3 is 0 Å². The van der Waals surface area contributed by atoms with E-state index in [1.807, 2.05) is 20.8 Å². The van der Waals surface area contributed by atoms with Gasteiger partial charge in [0.05, 0.1) is 11.9 Å². The predicted octanol–water partition coefficient (Wildman–Crippen LogP) is 4.70. The molecule has 1 rings (SSSR count). The van der Waals surface area contributed by atoms with Gasteiger partial charge in [-0.25, -0.2) is 14.4 Å². The van der Waals surface area contributed by atoms with Crippen molar-refractivity contribution < 1.29 is 9.18 Å². The molecule has 4 heteroatoms. The summed E-state index contributed by atoms with van der Waals surface area (Å²) in [5.74, 6) is 1.07. The minimum Gasteiger partial charge on any atom is -0.295 e. The first-order valence-electron chi connectivity index (χ1n) is 8.64. The molecule has 1 aromatic rings. The van der Waals surface area contributed by atoms with Crippen LogP contribution in [-0.2, 0) is 17.6 Å². The van der Waals surface area contributed by atoms with Gasteiger partial charge in [-0.1, -0.05) is 40.2 Å². The second kappa shape index (κ2) is 9.53. The van der Waals surface area contributed by atoms with E-state index in [0.29, 0.717) is 42.6 Å². The topological polar surface area (TPSA) is 42.9 Å². The minimum atomic E-state index is -0.361. The summed E-state index contributed by atoms with van der Waals surface area (Å²) in [5, 5.41) is 0. The molecular formula is C19H29FN2O. The van der Waals surface area contributed by atoms with Gasteiger partial charge in [0.2, 0.25) is 0 Å². The molecule has 0 bridgehead atoms. The van der Waals surface area contributed by atoms with E-state index in [4.69, 9.17) is 0 Å². The lowest BCUT2D eigenvalue weighted by Gasteiger charge is -2.17. The summed E-state index contributed by atoms with van der Waals surface area (Å²) < 4.78 is 13.6. The summed E-state index contributed by atoms with van der Waals surface area (Å²) in [5.41, 5.74) is 1.50. The molecule has 23 heavy (non-hydrogen) atoms. The number of aromatic nitrogens is 2. The summed E-state index contributed by atoms with van der Waals surface area (Å²) in [7, 11) is 0. The molecule has 0 aromatic carbocycles. The van der Waals surface area contributed by atoms with Crippen molar-refractivity contribution >= 4 is 5.78 Å².